The van der Waals surface area contributed by atoms with Crippen LogP contribution in [0.5, 0.6) is 0 Å². The minimum atomic E-state index is -0.454. The minimum Gasteiger partial charge on any atom is -0.466 e. The summed E-state index contributed by atoms with van der Waals surface area (Å²) < 4.78 is 10.2. The summed E-state index contributed by atoms with van der Waals surface area (Å²) in [4.78, 5) is 24.0. The van der Waals surface area contributed by atoms with Crippen LogP contribution in [0.15, 0.2) is 30.3 Å². The minimum absolute atomic E-state index is 0.0610. The first-order chi connectivity index (χ1) is 10.6. The second kappa shape index (κ2) is 9.98. The zero-order valence-electron chi connectivity index (χ0n) is 13.7. The van der Waals surface area contributed by atoms with Gasteiger partial charge in [0.15, 0.2) is 0 Å². The van der Waals surface area contributed by atoms with Gasteiger partial charge in [-0.25, -0.2) is 0 Å². The molecule has 0 radical (unpaired) electrons. The SMILES string of the molecule is CCOC(=O)CC(C(=O)OCC)C(CC)Cc1ccccc1. The van der Waals surface area contributed by atoms with E-state index < -0.39 is 5.92 Å². The molecule has 0 heterocycles. The Morgan fingerprint density at radius 1 is 1.00 bits per heavy atom. The number of hydrogen-bond donors (Lipinski definition) is 0. The van der Waals surface area contributed by atoms with Crippen LogP contribution in [0.25, 0.3) is 0 Å². The van der Waals surface area contributed by atoms with E-state index in [1.54, 1.807) is 13.8 Å². The van der Waals surface area contributed by atoms with Crippen LogP contribution in [0.1, 0.15) is 39.2 Å². The first-order valence-electron chi connectivity index (χ1n) is 7.98. The smallest absolute Gasteiger partial charge is 0.309 e. The number of esters is 2. The number of ether oxygens (including phenoxy) is 2. The van der Waals surface area contributed by atoms with Crippen LogP contribution in [0.4, 0.5) is 0 Å². The van der Waals surface area contributed by atoms with Gasteiger partial charge < -0.3 is 9.47 Å². The first kappa shape index (κ1) is 18.2. The summed E-state index contributed by atoms with van der Waals surface area (Å²) in [5, 5.41) is 0. The van der Waals surface area contributed by atoms with Gasteiger partial charge in [0.05, 0.1) is 25.6 Å². The number of benzene rings is 1. The average molecular weight is 306 g/mol. The van der Waals surface area contributed by atoms with Crippen molar-refractivity contribution in [3.63, 3.8) is 0 Å². The predicted octanol–water partition coefficient (Wildman–Crippen LogP) is 3.39. The summed E-state index contributed by atoms with van der Waals surface area (Å²) in [7, 11) is 0. The second-order valence-corrected chi connectivity index (χ2v) is 5.23. The van der Waals surface area contributed by atoms with Gasteiger partial charge in [-0.2, -0.15) is 0 Å². The summed E-state index contributed by atoms with van der Waals surface area (Å²) in [6.07, 6.45) is 1.63. The molecule has 0 bridgehead atoms. The number of carbonyl (C=O) groups is 2. The van der Waals surface area contributed by atoms with Crippen molar-refractivity contribution >= 4 is 11.9 Å². The fourth-order valence-electron chi connectivity index (χ4n) is 2.58. The Morgan fingerprint density at radius 2 is 1.64 bits per heavy atom. The summed E-state index contributed by atoms with van der Waals surface area (Å²) >= 11 is 0. The summed E-state index contributed by atoms with van der Waals surface area (Å²) in [6, 6.07) is 10.00. The summed E-state index contributed by atoms with van der Waals surface area (Å²) in [5.41, 5.74) is 1.16. The molecule has 1 aromatic rings. The van der Waals surface area contributed by atoms with Gasteiger partial charge in [-0.1, -0.05) is 43.7 Å². The molecule has 0 aliphatic rings. The molecule has 0 aliphatic carbocycles. The van der Waals surface area contributed by atoms with E-state index in [-0.39, 0.29) is 24.3 Å². The van der Waals surface area contributed by atoms with E-state index in [0.29, 0.717) is 13.2 Å². The molecular weight excluding hydrogens is 280 g/mol. The topological polar surface area (TPSA) is 52.6 Å². The highest BCUT2D eigenvalue weighted by molar-refractivity contribution is 5.80. The molecule has 122 valence electrons. The van der Waals surface area contributed by atoms with Gasteiger partial charge in [0.2, 0.25) is 0 Å². The maximum Gasteiger partial charge on any atom is 0.309 e. The number of rotatable bonds is 9. The standard InChI is InChI=1S/C18H26O4/c1-4-15(12-14-10-8-7-9-11-14)16(18(20)22-6-3)13-17(19)21-5-2/h7-11,15-16H,4-6,12-13H2,1-3H3. The first-order valence-corrected chi connectivity index (χ1v) is 7.98. The van der Waals surface area contributed by atoms with Crippen molar-refractivity contribution in [1.82, 2.24) is 0 Å². The molecule has 0 aromatic heterocycles. The van der Waals surface area contributed by atoms with Crippen molar-refractivity contribution in [3.8, 4) is 0 Å². The van der Waals surface area contributed by atoms with E-state index in [2.05, 4.69) is 0 Å². The molecule has 0 amide bonds. The molecule has 0 saturated heterocycles. The molecule has 4 heteroatoms. The molecule has 0 saturated carbocycles. The van der Waals surface area contributed by atoms with Gasteiger partial charge in [0.25, 0.3) is 0 Å². The van der Waals surface area contributed by atoms with Crippen molar-refractivity contribution in [2.75, 3.05) is 13.2 Å². The lowest BCUT2D eigenvalue weighted by Crippen LogP contribution is -2.30. The molecule has 0 spiro atoms. The molecular formula is C18H26O4. The Morgan fingerprint density at radius 3 is 2.18 bits per heavy atom. The van der Waals surface area contributed by atoms with Crippen molar-refractivity contribution in [1.29, 1.82) is 0 Å². The third-order valence-electron chi connectivity index (χ3n) is 3.72. The molecule has 0 fully saturated rings. The van der Waals surface area contributed by atoms with E-state index >= 15 is 0 Å². The quantitative estimate of drug-likeness (QED) is 0.656. The fourth-order valence-corrected chi connectivity index (χ4v) is 2.58. The van der Waals surface area contributed by atoms with Gasteiger partial charge in [0, 0.05) is 0 Å². The third kappa shape index (κ3) is 5.88. The van der Waals surface area contributed by atoms with Crippen molar-refractivity contribution < 1.29 is 19.1 Å². The normalized spacial score (nSPS) is 13.2. The Labute approximate surface area is 132 Å². The van der Waals surface area contributed by atoms with Crippen LogP contribution in [0, 0.1) is 11.8 Å². The highest BCUT2D eigenvalue weighted by Gasteiger charge is 2.31. The van der Waals surface area contributed by atoms with Gasteiger partial charge in [-0.15, -0.1) is 0 Å². The van der Waals surface area contributed by atoms with Gasteiger partial charge in [-0.3, -0.25) is 9.59 Å². The highest BCUT2D eigenvalue weighted by atomic mass is 16.5. The maximum absolute atomic E-state index is 12.2. The van der Waals surface area contributed by atoms with Crippen molar-refractivity contribution in [2.45, 2.75) is 40.0 Å². The Hall–Kier alpha value is -1.84. The lowest BCUT2D eigenvalue weighted by atomic mass is 9.83. The van der Waals surface area contributed by atoms with E-state index in [9.17, 15) is 9.59 Å². The van der Waals surface area contributed by atoms with Crippen molar-refractivity contribution in [2.24, 2.45) is 11.8 Å². The van der Waals surface area contributed by atoms with E-state index in [1.165, 1.54) is 0 Å². The third-order valence-corrected chi connectivity index (χ3v) is 3.72. The highest BCUT2D eigenvalue weighted by Crippen LogP contribution is 2.26. The Balaban J connectivity index is 2.85. The molecule has 0 N–H and O–H groups in total. The average Bonchev–Trinajstić information content (AvgIpc) is 2.52. The van der Waals surface area contributed by atoms with Crippen LogP contribution < -0.4 is 0 Å². The molecule has 22 heavy (non-hydrogen) atoms. The van der Waals surface area contributed by atoms with E-state index in [4.69, 9.17) is 9.47 Å². The zero-order chi connectivity index (χ0) is 16.4. The number of carbonyl (C=O) groups excluding carboxylic acids is 2. The van der Waals surface area contributed by atoms with Gasteiger partial charge >= 0.3 is 11.9 Å². The molecule has 1 rings (SSSR count). The maximum atomic E-state index is 12.2. The Bertz CT molecular complexity index is 455. The molecule has 2 unspecified atom stereocenters. The van der Waals surface area contributed by atoms with Gasteiger partial charge in [0.1, 0.15) is 0 Å². The van der Waals surface area contributed by atoms with Crippen LogP contribution in [-0.2, 0) is 25.5 Å². The van der Waals surface area contributed by atoms with Crippen LogP contribution in [0.2, 0.25) is 0 Å². The lowest BCUT2D eigenvalue weighted by Gasteiger charge is -2.24. The molecule has 2 atom stereocenters. The summed E-state index contributed by atoms with van der Waals surface area (Å²) in [6.45, 7) is 6.21. The van der Waals surface area contributed by atoms with Crippen LogP contribution in [0.3, 0.4) is 0 Å². The second-order valence-electron chi connectivity index (χ2n) is 5.23. The monoisotopic (exact) mass is 306 g/mol. The molecule has 0 aliphatic heterocycles. The van der Waals surface area contributed by atoms with Crippen molar-refractivity contribution in [3.05, 3.63) is 35.9 Å². The predicted molar refractivity (Wildman–Crippen MR) is 85.3 cm³/mol. The largest absolute Gasteiger partial charge is 0.466 e. The zero-order valence-corrected chi connectivity index (χ0v) is 13.7. The number of hydrogen-bond acceptors (Lipinski definition) is 4. The van der Waals surface area contributed by atoms with Crippen LogP contribution in [-0.4, -0.2) is 25.2 Å². The van der Waals surface area contributed by atoms with E-state index in [0.717, 1.165) is 18.4 Å². The fraction of sp³-hybridized carbons (Fsp3) is 0.556. The Kier molecular flexibility index (Phi) is 8.26. The molecule has 1 aromatic carbocycles. The van der Waals surface area contributed by atoms with E-state index in [1.807, 2.05) is 37.3 Å². The summed E-state index contributed by atoms with van der Waals surface area (Å²) in [5.74, 6) is -1.04. The van der Waals surface area contributed by atoms with Crippen LogP contribution >= 0.6 is 0 Å². The van der Waals surface area contributed by atoms with Gasteiger partial charge in [-0.05, 0) is 31.7 Å². The molecule has 4 nitrogen and oxygen atoms in total. The lowest BCUT2D eigenvalue weighted by molar-refractivity contribution is -0.156.